The highest BCUT2D eigenvalue weighted by Crippen LogP contribution is 2.47. The molecule has 0 spiro atoms. The second-order valence-electron chi connectivity index (χ2n) is 7.94. The van der Waals surface area contributed by atoms with Crippen molar-refractivity contribution in [3.63, 3.8) is 0 Å². The van der Waals surface area contributed by atoms with Gasteiger partial charge in [0.05, 0.1) is 16.9 Å². The first-order valence-electron chi connectivity index (χ1n) is 9.92. The van der Waals surface area contributed by atoms with Crippen molar-refractivity contribution in [3.05, 3.63) is 69.8 Å². The number of fused-ring (bicyclic) bond motifs is 2. The lowest BCUT2D eigenvalue weighted by Gasteiger charge is -2.26. The summed E-state index contributed by atoms with van der Waals surface area (Å²) in [6.45, 7) is 1.20. The Kier molecular flexibility index (Phi) is 5.58. The topological polar surface area (TPSA) is 221 Å². The first-order chi connectivity index (χ1) is 16.2. The minimum Gasteiger partial charge on any atom is -0.397 e. The number of hydrogen-bond acceptors (Lipinski definition) is 9. The van der Waals surface area contributed by atoms with E-state index in [0.29, 0.717) is 5.56 Å². The molecule has 13 heteroatoms. The monoisotopic (exact) mass is 517 g/mol. The molecule has 1 aliphatic rings. The highest BCUT2D eigenvalue weighted by atomic mass is 32.2. The zero-order chi connectivity index (χ0) is 26.0. The van der Waals surface area contributed by atoms with Crippen LogP contribution in [0.25, 0.3) is 11.1 Å². The van der Waals surface area contributed by atoms with Gasteiger partial charge in [-0.2, -0.15) is 16.8 Å². The number of nitrogen functional groups attached to an aromatic ring is 2. The van der Waals surface area contributed by atoms with Crippen molar-refractivity contribution in [3.8, 4) is 11.1 Å². The third-order valence-corrected chi connectivity index (χ3v) is 7.57. The Morgan fingerprint density at radius 2 is 1.29 bits per heavy atom. The molecule has 8 N–H and O–H groups in total. The average Bonchev–Trinajstić information content (AvgIpc) is 2.75. The summed E-state index contributed by atoms with van der Waals surface area (Å²) in [7, 11) is -10.2. The number of benzene rings is 3. The van der Waals surface area contributed by atoms with Gasteiger partial charge in [0, 0.05) is 34.4 Å². The Morgan fingerprint density at radius 3 is 1.77 bits per heavy atom. The zero-order valence-corrected chi connectivity index (χ0v) is 19.7. The van der Waals surface area contributed by atoms with Gasteiger partial charge in [-0.3, -0.25) is 18.7 Å². The summed E-state index contributed by atoms with van der Waals surface area (Å²) in [5, 5.41) is 0. The van der Waals surface area contributed by atoms with E-state index in [1.807, 2.05) is 0 Å². The van der Waals surface area contributed by atoms with Crippen LogP contribution in [-0.4, -0.2) is 37.5 Å². The fraction of sp³-hybridized carbons (Fsp3) is 0.0909. The minimum absolute atomic E-state index is 0.0560. The molecule has 0 heterocycles. The number of anilines is 2. The molecule has 0 bridgehead atoms. The van der Waals surface area contributed by atoms with Crippen molar-refractivity contribution in [1.29, 1.82) is 0 Å². The van der Waals surface area contributed by atoms with Gasteiger partial charge >= 0.3 is 0 Å². The molecular formula is C22H19N3O8S2. The lowest BCUT2D eigenvalue weighted by atomic mass is 9.78. The second kappa shape index (κ2) is 7.96. The van der Waals surface area contributed by atoms with E-state index in [1.165, 1.54) is 37.3 Å². The SMILES string of the molecule is Cc1cc(CN)c(-c2c(N)c(S(=O)(=O)O)c(N)c3c2C(=O)c2ccccc2C3=O)c(S(=O)(=O)O)c1. The quantitative estimate of drug-likeness (QED) is 0.193. The fourth-order valence-corrected chi connectivity index (χ4v) is 5.98. The number of ketones is 2. The molecular weight excluding hydrogens is 498 g/mol. The molecule has 182 valence electrons. The number of carbonyl (C=O) groups is 2. The number of nitrogens with two attached hydrogens (primary N) is 3. The van der Waals surface area contributed by atoms with Crippen LogP contribution in [-0.2, 0) is 26.8 Å². The van der Waals surface area contributed by atoms with Gasteiger partial charge in [-0.25, -0.2) is 0 Å². The van der Waals surface area contributed by atoms with Crippen molar-refractivity contribution in [1.82, 2.24) is 0 Å². The Balaban J connectivity index is 2.35. The summed E-state index contributed by atoms with van der Waals surface area (Å²) in [6, 6.07) is 8.19. The van der Waals surface area contributed by atoms with Crippen molar-refractivity contribution in [2.75, 3.05) is 11.5 Å². The molecule has 0 amide bonds. The third-order valence-electron chi connectivity index (χ3n) is 5.73. The molecule has 0 saturated carbocycles. The smallest absolute Gasteiger partial charge is 0.298 e. The van der Waals surface area contributed by atoms with Crippen LogP contribution in [0.15, 0.2) is 46.2 Å². The van der Waals surface area contributed by atoms with E-state index in [2.05, 4.69) is 0 Å². The van der Waals surface area contributed by atoms with Crippen molar-refractivity contribution < 1.29 is 35.5 Å². The molecule has 0 aromatic heterocycles. The van der Waals surface area contributed by atoms with Gasteiger partial charge in [0.1, 0.15) is 9.79 Å². The molecule has 0 atom stereocenters. The van der Waals surface area contributed by atoms with Gasteiger partial charge in [0.15, 0.2) is 11.6 Å². The molecule has 1 aliphatic carbocycles. The molecule has 4 rings (SSSR count). The van der Waals surface area contributed by atoms with Crippen LogP contribution in [0.2, 0.25) is 0 Å². The molecule has 3 aromatic rings. The molecule has 11 nitrogen and oxygen atoms in total. The summed E-state index contributed by atoms with van der Waals surface area (Å²) < 4.78 is 69.1. The van der Waals surface area contributed by atoms with Gasteiger partial charge < -0.3 is 17.2 Å². The molecule has 0 aliphatic heterocycles. The lowest BCUT2D eigenvalue weighted by Crippen LogP contribution is -2.26. The second-order valence-corrected chi connectivity index (χ2v) is 10.7. The normalized spacial score (nSPS) is 13.5. The van der Waals surface area contributed by atoms with E-state index in [4.69, 9.17) is 17.2 Å². The summed E-state index contributed by atoms with van der Waals surface area (Å²) in [5.74, 6) is -1.64. The van der Waals surface area contributed by atoms with Crippen LogP contribution < -0.4 is 17.2 Å². The van der Waals surface area contributed by atoms with Crippen LogP contribution in [0.1, 0.15) is 43.0 Å². The van der Waals surface area contributed by atoms with Crippen molar-refractivity contribution >= 4 is 43.2 Å². The summed E-state index contributed by atoms with van der Waals surface area (Å²) in [4.78, 5) is 25.2. The van der Waals surface area contributed by atoms with Gasteiger partial charge in [0.2, 0.25) is 0 Å². The number of carbonyl (C=O) groups excluding carboxylic acids is 2. The van der Waals surface area contributed by atoms with Crippen LogP contribution in [0.3, 0.4) is 0 Å². The molecule has 0 radical (unpaired) electrons. The van der Waals surface area contributed by atoms with Gasteiger partial charge in [-0.05, 0) is 24.1 Å². The molecule has 0 fully saturated rings. The average molecular weight is 518 g/mol. The summed E-state index contributed by atoms with van der Waals surface area (Å²) in [5.41, 5.74) is 14.7. The molecule has 0 saturated heterocycles. The highest BCUT2D eigenvalue weighted by molar-refractivity contribution is 7.86. The molecule has 0 unspecified atom stereocenters. The van der Waals surface area contributed by atoms with E-state index in [-0.39, 0.29) is 28.8 Å². The minimum atomic E-state index is -5.18. The Bertz CT molecular complexity index is 1690. The van der Waals surface area contributed by atoms with Gasteiger partial charge in [-0.15, -0.1) is 0 Å². The van der Waals surface area contributed by atoms with Crippen LogP contribution in [0.4, 0.5) is 11.4 Å². The predicted octanol–water partition coefficient (Wildman–Crippen LogP) is 1.55. The Hall–Kier alpha value is -3.62. The van der Waals surface area contributed by atoms with Crippen molar-refractivity contribution in [2.45, 2.75) is 23.3 Å². The van der Waals surface area contributed by atoms with Crippen LogP contribution in [0, 0.1) is 6.92 Å². The zero-order valence-electron chi connectivity index (χ0n) is 18.1. The molecule has 3 aromatic carbocycles. The maximum Gasteiger partial charge on any atom is 0.298 e. The Labute approximate surface area is 200 Å². The first-order valence-corrected chi connectivity index (χ1v) is 12.8. The summed E-state index contributed by atoms with van der Waals surface area (Å²) >= 11 is 0. The van der Waals surface area contributed by atoms with Gasteiger partial charge in [0.25, 0.3) is 20.2 Å². The third kappa shape index (κ3) is 3.69. The standard InChI is InChI=1S/C22H19N3O8S2/c1-9-6-10(8-23)14(13(7-9)34(28,29)30)15-16-17(19(25)22(18(15)24)35(31,32)33)21(27)12-5-3-2-4-11(12)20(16)26/h2-7H,8,23-25H2,1H3,(H,28,29,30)(H,31,32,33). The Morgan fingerprint density at radius 1 is 0.771 bits per heavy atom. The largest absolute Gasteiger partial charge is 0.397 e. The van der Waals surface area contributed by atoms with E-state index in [0.717, 1.165) is 6.07 Å². The van der Waals surface area contributed by atoms with E-state index in [9.17, 15) is 35.5 Å². The number of aryl methyl sites for hydroxylation is 1. The van der Waals surface area contributed by atoms with Crippen molar-refractivity contribution in [2.24, 2.45) is 5.73 Å². The van der Waals surface area contributed by atoms with E-state index in [1.54, 1.807) is 0 Å². The van der Waals surface area contributed by atoms with Crippen LogP contribution >= 0.6 is 0 Å². The predicted molar refractivity (Wildman–Crippen MR) is 126 cm³/mol. The highest BCUT2D eigenvalue weighted by Gasteiger charge is 2.40. The van der Waals surface area contributed by atoms with E-state index >= 15 is 0 Å². The van der Waals surface area contributed by atoms with E-state index < -0.39 is 69.7 Å². The fourth-order valence-electron chi connectivity index (χ4n) is 4.39. The number of hydrogen-bond donors (Lipinski definition) is 5. The lowest BCUT2D eigenvalue weighted by molar-refractivity contribution is 0.0980. The summed E-state index contributed by atoms with van der Waals surface area (Å²) in [6.07, 6.45) is 0. The van der Waals surface area contributed by atoms with Crippen LogP contribution in [0.5, 0.6) is 0 Å². The maximum atomic E-state index is 13.6. The number of rotatable bonds is 4. The van der Waals surface area contributed by atoms with Gasteiger partial charge in [-0.1, -0.05) is 30.3 Å². The molecule has 35 heavy (non-hydrogen) atoms. The maximum absolute atomic E-state index is 13.6. The first kappa shape index (κ1) is 24.5.